The summed E-state index contributed by atoms with van der Waals surface area (Å²) in [6.45, 7) is 12.0. The minimum Gasteiger partial charge on any atom is -1.00 e. The van der Waals surface area contributed by atoms with Crippen molar-refractivity contribution in [1.82, 2.24) is 0 Å². The third kappa shape index (κ3) is 5.78. The van der Waals surface area contributed by atoms with Gasteiger partial charge in [0.1, 0.15) is 0 Å². The predicted octanol–water partition coefficient (Wildman–Crippen LogP) is 4.33. The molecular formula is C39H40Cl2Zr. The SMILES string of the molecule is CCC1=[C]([Zr+2](=[C](c2ccccc2)c2ccccc2)[CH]2c3ccccc3-c3ccccc32)C(CC)C=C1C(C)(C)C.[Cl-].[Cl-]. The average Bonchev–Trinajstić information content (AvgIpc) is 3.53. The maximum absolute atomic E-state index is 2.78. The first kappa shape index (κ1) is 32.6. The number of rotatable bonds is 6. The minimum absolute atomic E-state index is 0. The number of allylic oxidation sites excluding steroid dienone is 4. The summed E-state index contributed by atoms with van der Waals surface area (Å²) in [5.74, 6) is 0.515. The zero-order valence-corrected chi connectivity index (χ0v) is 29.3. The Kier molecular flexibility index (Phi) is 10.5. The largest absolute Gasteiger partial charge is 1.00 e. The summed E-state index contributed by atoms with van der Waals surface area (Å²) < 4.78 is 3.92. The predicted molar refractivity (Wildman–Crippen MR) is 168 cm³/mol. The standard InChI is InChI=1S/C13H9.C13H10.C13H21.2ClH.Zr/c1-3-7-12-10(5-1)9-11-6-2-4-8-13(11)12;1-3-7-12(8-4-1)11-13-9-5-2-6-10-13;1-6-10-8-11(7-2)12(9-10)13(3,4)5;;;/h1-9H;1-10H;9-10H,6-7H2,1-5H3;2*1H;/q;;;;;+2/p-2. The van der Waals surface area contributed by atoms with Crippen molar-refractivity contribution in [3.8, 4) is 11.1 Å². The van der Waals surface area contributed by atoms with Crippen LogP contribution in [0.25, 0.3) is 11.1 Å². The summed E-state index contributed by atoms with van der Waals surface area (Å²) in [6.07, 6.45) is 4.94. The first-order chi connectivity index (χ1) is 19.4. The fraction of sp³-hybridized carbons (Fsp3) is 0.256. The first-order valence-electron chi connectivity index (χ1n) is 14.9. The molecule has 4 aromatic carbocycles. The number of hydrogen-bond acceptors (Lipinski definition) is 0. The average molecular weight is 671 g/mol. The fourth-order valence-corrected chi connectivity index (χ4v) is 17.6. The van der Waals surface area contributed by atoms with Crippen molar-refractivity contribution >= 4 is 3.21 Å². The van der Waals surface area contributed by atoms with Crippen molar-refractivity contribution in [3.05, 3.63) is 152 Å². The summed E-state index contributed by atoms with van der Waals surface area (Å²) in [4.78, 5) is 0. The molecule has 0 nitrogen and oxygen atoms in total. The molecule has 0 aliphatic heterocycles. The maximum atomic E-state index is 2.68. The second-order valence-corrected chi connectivity index (χ2v) is 18.2. The molecule has 0 heterocycles. The van der Waals surface area contributed by atoms with Crippen LogP contribution in [-0.4, -0.2) is 3.21 Å². The molecule has 4 aromatic rings. The van der Waals surface area contributed by atoms with Gasteiger partial charge in [0.05, 0.1) is 0 Å². The van der Waals surface area contributed by atoms with Crippen molar-refractivity contribution in [2.75, 3.05) is 0 Å². The van der Waals surface area contributed by atoms with Crippen LogP contribution in [-0.2, 0) is 21.3 Å². The molecule has 1 atom stereocenters. The monoisotopic (exact) mass is 668 g/mol. The van der Waals surface area contributed by atoms with Gasteiger partial charge in [-0.05, 0) is 0 Å². The molecule has 2 aliphatic rings. The van der Waals surface area contributed by atoms with Crippen LogP contribution in [0.3, 0.4) is 0 Å². The Morgan fingerprint density at radius 2 is 1.10 bits per heavy atom. The third-order valence-corrected chi connectivity index (χ3v) is 17.6. The van der Waals surface area contributed by atoms with E-state index in [1.165, 1.54) is 22.3 Å². The zero-order chi connectivity index (χ0) is 27.9. The van der Waals surface area contributed by atoms with Crippen LogP contribution < -0.4 is 24.8 Å². The van der Waals surface area contributed by atoms with Crippen LogP contribution in [0.4, 0.5) is 0 Å². The van der Waals surface area contributed by atoms with E-state index in [1.807, 2.05) is 3.28 Å². The Hall–Kier alpha value is -2.31. The van der Waals surface area contributed by atoms with Crippen LogP contribution in [0.15, 0.2) is 130 Å². The summed E-state index contributed by atoms with van der Waals surface area (Å²) in [5.41, 5.74) is 12.2. The van der Waals surface area contributed by atoms with Crippen molar-refractivity contribution in [2.24, 2.45) is 11.3 Å². The topological polar surface area (TPSA) is 0 Å². The first-order valence-corrected chi connectivity index (χ1v) is 18.8. The minimum atomic E-state index is -2.78. The Labute approximate surface area is 273 Å². The Morgan fingerprint density at radius 1 is 0.643 bits per heavy atom. The zero-order valence-electron chi connectivity index (χ0n) is 25.3. The van der Waals surface area contributed by atoms with Gasteiger partial charge in [-0.1, -0.05) is 0 Å². The smallest absolute Gasteiger partial charge is 1.00 e. The van der Waals surface area contributed by atoms with Gasteiger partial charge in [-0.2, -0.15) is 0 Å². The van der Waals surface area contributed by atoms with Crippen molar-refractivity contribution < 1.29 is 46.1 Å². The molecule has 0 N–H and O–H groups in total. The number of benzene rings is 4. The van der Waals surface area contributed by atoms with Crippen LogP contribution in [0.1, 0.15) is 73.3 Å². The van der Waals surface area contributed by atoms with Gasteiger partial charge < -0.3 is 24.8 Å². The van der Waals surface area contributed by atoms with Crippen LogP contribution >= 0.6 is 0 Å². The van der Waals surface area contributed by atoms with E-state index in [0.29, 0.717) is 9.54 Å². The van der Waals surface area contributed by atoms with Gasteiger partial charge >= 0.3 is 250 Å². The fourth-order valence-electron chi connectivity index (χ4n) is 7.11. The van der Waals surface area contributed by atoms with E-state index < -0.39 is 21.3 Å². The molecule has 2 aliphatic carbocycles. The van der Waals surface area contributed by atoms with E-state index in [2.05, 4.69) is 150 Å². The molecule has 42 heavy (non-hydrogen) atoms. The molecule has 0 bridgehead atoms. The van der Waals surface area contributed by atoms with E-state index in [9.17, 15) is 0 Å². The molecule has 0 amide bonds. The molecule has 0 aromatic heterocycles. The Morgan fingerprint density at radius 3 is 1.52 bits per heavy atom. The molecule has 0 spiro atoms. The van der Waals surface area contributed by atoms with Gasteiger partial charge in [-0.3, -0.25) is 0 Å². The molecule has 6 rings (SSSR count). The summed E-state index contributed by atoms with van der Waals surface area (Å²) in [5, 5.41) is 0. The van der Waals surface area contributed by atoms with Crippen LogP contribution in [0.2, 0.25) is 0 Å². The summed E-state index contributed by atoms with van der Waals surface area (Å²) >= 11 is -2.78. The van der Waals surface area contributed by atoms with Gasteiger partial charge in [0.2, 0.25) is 0 Å². The maximum Gasteiger partial charge on any atom is -1.00 e. The molecule has 0 fully saturated rings. The van der Waals surface area contributed by atoms with Gasteiger partial charge in [0, 0.05) is 0 Å². The molecule has 3 heteroatoms. The second-order valence-electron chi connectivity index (χ2n) is 12.2. The van der Waals surface area contributed by atoms with Crippen molar-refractivity contribution in [2.45, 2.75) is 51.1 Å². The van der Waals surface area contributed by atoms with Crippen molar-refractivity contribution in [3.63, 3.8) is 0 Å². The van der Waals surface area contributed by atoms with Gasteiger partial charge in [0.25, 0.3) is 0 Å². The van der Waals surface area contributed by atoms with Crippen molar-refractivity contribution in [1.29, 1.82) is 0 Å². The number of halogens is 2. The number of hydrogen-bond donors (Lipinski definition) is 0. The Bertz CT molecular complexity index is 1550. The normalized spacial score (nSPS) is 15.5. The van der Waals surface area contributed by atoms with Gasteiger partial charge in [-0.25, -0.2) is 0 Å². The molecule has 0 radical (unpaired) electrons. The van der Waals surface area contributed by atoms with E-state index in [1.54, 1.807) is 25.5 Å². The van der Waals surface area contributed by atoms with E-state index in [0.717, 1.165) is 12.8 Å². The molecule has 214 valence electrons. The molecular weight excluding hydrogens is 631 g/mol. The van der Waals surface area contributed by atoms with E-state index in [4.69, 9.17) is 0 Å². The molecule has 0 saturated carbocycles. The Balaban J connectivity index is 0.00000202. The number of fused-ring (bicyclic) bond motifs is 3. The van der Waals surface area contributed by atoms with Gasteiger partial charge in [0.15, 0.2) is 0 Å². The summed E-state index contributed by atoms with van der Waals surface area (Å²) in [7, 11) is 0. The van der Waals surface area contributed by atoms with Crippen LogP contribution in [0, 0.1) is 11.3 Å². The molecule has 1 unspecified atom stereocenters. The third-order valence-electron chi connectivity index (χ3n) is 8.80. The van der Waals surface area contributed by atoms with E-state index >= 15 is 0 Å². The quantitative estimate of drug-likeness (QED) is 0.287. The molecule has 0 saturated heterocycles. The van der Waals surface area contributed by atoms with Gasteiger partial charge in [-0.15, -0.1) is 0 Å². The van der Waals surface area contributed by atoms with E-state index in [-0.39, 0.29) is 30.2 Å². The van der Waals surface area contributed by atoms with Crippen LogP contribution in [0.5, 0.6) is 0 Å². The second kappa shape index (κ2) is 13.6. The summed E-state index contributed by atoms with van der Waals surface area (Å²) in [6, 6.07) is 41.3.